The highest BCUT2D eigenvalue weighted by molar-refractivity contribution is 7.17. The predicted octanol–water partition coefficient (Wildman–Crippen LogP) is 6.76. The average molecular weight is 538 g/mol. The first-order valence-electron chi connectivity index (χ1n) is 12.3. The molecule has 194 valence electrons. The van der Waals surface area contributed by atoms with Gasteiger partial charge in [0, 0.05) is 28.2 Å². The number of hydrogen-bond acceptors (Lipinski definition) is 7. The number of furan rings is 1. The Bertz CT molecular complexity index is 1460. The second-order valence-electron chi connectivity index (χ2n) is 10.2. The van der Waals surface area contributed by atoms with Crippen molar-refractivity contribution in [1.29, 1.82) is 0 Å². The van der Waals surface area contributed by atoms with Crippen molar-refractivity contribution in [3.8, 4) is 10.6 Å². The van der Waals surface area contributed by atoms with Gasteiger partial charge in [0.05, 0.1) is 10.4 Å². The zero-order valence-electron chi connectivity index (χ0n) is 21.7. The second-order valence-corrected chi connectivity index (χ2v) is 12.5. The molecule has 4 heterocycles. The number of amides is 2. The lowest BCUT2D eigenvalue weighted by Crippen LogP contribution is -2.30. The quantitative estimate of drug-likeness (QED) is 0.245. The van der Waals surface area contributed by atoms with E-state index in [0.29, 0.717) is 17.1 Å². The van der Waals surface area contributed by atoms with Crippen LogP contribution in [0.25, 0.3) is 21.6 Å². The van der Waals surface area contributed by atoms with Crippen LogP contribution in [0.15, 0.2) is 34.7 Å². The Morgan fingerprint density at radius 3 is 2.70 bits per heavy atom. The Morgan fingerprint density at radius 2 is 1.95 bits per heavy atom. The van der Waals surface area contributed by atoms with Crippen LogP contribution < -0.4 is 16.0 Å². The summed E-state index contributed by atoms with van der Waals surface area (Å²) in [4.78, 5) is 29.2. The molecule has 0 spiro atoms. The summed E-state index contributed by atoms with van der Waals surface area (Å²) in [5, 5.41) is 10.9. The van der Waals surface area contributed by atoms with Gasteiger partial charge < -0.3 is 19.8 Å². The lowest BCUT2D eigenvalue weighted by atomic mass is 10.0. The van der Waals surface area contributed by atoms with Crippen molar-refractivity contribution in [2.75, 3.05) is 11.9 Å². The van der Waals surface area contributed by atoms with Crippen LogP contribution in [0.4, 0.5) is 9.80 Å². The molecule has 1 aliphatic heterocycles. The molecule has 9 heteroatoms. The molecule has 0 fully saturated rings. The van der Waals surface area contributed by atoms with Crippen molar-refractivity contribution < 1.29 is 18.7 Å². The van der Waals surface area contributed by atoms with Crippen molar-refractivity contribution in [3.05, 3.63) is 62.3 Å². The zero-order chi connectivity index (χ0) is 26.3. The lowest BCUT2D eigenvalue weighted by Gasteiger charge is -2.20. The van der Waals surface area contributed by atoms with Gasteiger partial charge in [0.1, 0.15) is 21.9 Å². The van der Waals surface area contributed by atoms with Gasteiger partial charge in [-0.3, -0.25) is 5.32 Å². The number of hydrogen-bond donors (Lipinski definition) is 3. The van der Waals surface area contributed by atoms with Gasteiger partial charge in [0.2, 0.25) is 0 Å². The molecule has 0 aliphatic carbocycles. The highest BCUT2D eigenvalue weighted by Gasteiger charge is 2.27. The largest absolute Gasteiger partial charge is 0.456 e. The first-order chi connectivity index (χ1) is 17.6. The molecule has 0 atom stereocenters. The Hall–Kier alpha value is -3.14. The van der Waals surface area contributed by atoms with Crippen LogP contribution >= 0.6 is 22.7 Å². The van der Waals surface area contributed by atoms with Crippen LogP contribution in [0.1, 0.15) is 57.6 Å². The summed E-state index contributed by atoms with van der Waals surface area (Å²) in [5.41, 5.74) is 3.81. The second kappa shape index (κ2) is 9.96. The van der Waals surface area contributed by atoms with E-state index in [2.05, 4.69) is 22.0 Å². The molecule has 5 rings (SSSR count). The van der Waals surface area contributed by atoms with E-state index in [-0.39, 0.29) is 6.03 Å². The van der Waals surface area contributed by atoms with Crippen LogP contribution in [0.2, 0.25) is 0 Å². The third kappa shape index (κ3) is 5.30. The highest BCUT2D eigenvalue weighted by atomic mass is 32.1. The highest BCUT2D eigenvalue weighted by Crippen LogP contribution is 2.40. The summed E-state index contributed by atoms with van der Waals surface area (Å²) in [6, 6.07) is 9.66. The SMILES string of the molecule is Cc1sc(NC(=O)NCc2c(-c3cc4ccccc4o3)sc3c2CCNC3)c(C(=O)OC(C)(C)C)c1C. The molecule has 0 bridgehead atoms. The minimum atomic E-state index is -0.626. The van der Waals surface area contributed by atoms with Crippen LogP contribution in [0.3, 0.4) is 0 Å². The van der Waals surface area contributed by atoms with E-state index in [9.17, 15) is 9.59 Å². The Morgan fingerprint density at radius 1 is 1.16 bits per heavy atom. The van der Waals surface area contributed by atoms with Gasteiger partial charge in [0.25, 0.3) is 0 Å². The summed E-state index contributed by atoms with van der Waals surface area (Å²) >= 11 is 3.09. The smallest absolute Gasteiger partial charge is 0.341 e. The van der Waals surface area contributed by atoms with Crippen molar-refractivity contribution in [1.82, 2.24) is 10.6 Å². The number of carbonyl (C=O) groups is 2. The van der Waals surface area contributed by atoms with E-state index in [1.54, 1.807) is 11.3 Å². The van der Waals surface area contributed by atoms with E-state index in [4.69, 9.17) is 9.15 Å². The third-order valence-electron chi connectivity index (χ3n) is 6.33. The minimum Gasteiger partial charge on any atom is -0.456 e. The van der Waals surface area contributed by atoms with E-state index in [1.807, 2.05) is 58.9 Å². The molecule has 37 heavy (non-hydrogen) atoms. The number of anilines is 1. The molecule has 1 aromatic carbocycles. The number of thiophene rings is 2. The molecule has 0 saturated carbocycles. The maximum atomic E-state index is 13.0. The van der Waals surface area contributed by atoms with Crippen molar-refractivity contribution in [3.63, 3.8) is 0 Å². The normalized spacial score (nSPS) is 13.4. The van der Waals surface area contributed by atoms with Crippen LogP contribution in [0.5, 0.6) is 0 Å². The number of aryl methyl sites for hydroxylation is 1. The molecular formula is C28H31N3O4S2. The number of para-hydroxylation sites is 1. The monoisotopic (exact) mass is 537 g/mol. The predicted molar refractivity (Wildman–Crippen MR) is 150 cm³/mol. The Balaban J connectivity index is 1.38. The van der Waals surface area contributed by atoms with E-state index < -0.39 is 11.6 Å². The summed E-state index contributed by atoms with van der Waals surface area (Å²) in [6.07, 6.45) is 0.900. The van der Waals surface area contributed by atoms with Gasteiger partial charge in [0.15, 0.2) is 0 Å². The first kappa shape index (κ1) is 25.5. The summed E-state index contributed by atoms with van der Waals surface area (Å²) in [5.74, 6) is 0.380. The molecule has 0 unspecified atom stereocenters. The Labute approximate surface area is 224 Å². The van der Waals surface area contributed by atoms with Crippen LogP contribution in [-0.4, -0.2) is 24.1 Å². The van der Waals surface area contributed by atoms with Gasteiger partial charge in [-0.1, -0.05) is 18.2 Å². The fourth-order valence-corrected chi connectivity index (χ4v) is 6.82. The topological polar surface area (TPSA) is 92.6 Å². The Kier molecular flexibility index (Phi) is 6.87. The maximum absolute atomic E-state index is 13.0. The van der Waals surface area contributed by atoms with Gasteiger partial charge in [-0.2, -0.15) is 0 Å². The number of fused-ring (bicyclic) bond motifs is 2. The molecule has 2 amide bonds. The molecule has 4 aromatic rings. The summed E-state index contributed by atoms with van der Waals surface area (Å²) < 4.78 is 11.8. The van der Waals surface area contributed by atoms with Crippen LogP contribution in [0, 0.1) is 13.8 Å². The van der Waals surface area contributed by atoms with Gasteiger partial charge in [-0.05, 0) is 76.4 Å². The number of esters is 1. The molecule has 7 nitrogen and oxygen atoms in total. The van der Waals surface area contributed by atoms with Gasteiger partial charge in [-0.25, -0.2) is 9.59 Å². The number of ether oxygens (including phenoxy) is 1. The molecule has 1 aliphatic rings. The number of rotatable bonds is 5. The molecule has 0 saturated heterocycles. The zero-order valence-corrected chi connectivity index (χ0v) is 23.3. The van der Waals surface area contributed by atoms with Crippen LogP contribution in [-0.2, 0) is 24.2 Å². The number of carbonyl (C=O) groups excluding carboxylic acids is 2. The maximum Gasteiger partial charge on any atom is 0.341 e. The van der Waals surface area contributed by atoms with Gasteiger partial charge >= 0.3 is 12.0 Å². The molecular weight excluding hydrogens is 506 g/mol. The number of urea groups is 1. The first-order valence-corrected chi connectivity index (χ1v) is 14.0. The minimum absolute atomic E-state index is 0.356. The number of benzene rings is 1. The van der Waals surface area contributed by atoms with E-state index in [1.165, 1.54) is 21.8 Å². The summed E-state index contributed by atoms with van der Waals surface area (Å²) in [7, 11) is 0. The molecule has 3 N–H and O–H groups in total. The fraction of sp³-hybridized carbons (Fsp3) is 0.357. The van der Waals surface area contributed by atoms with Crippen molar-refractivity contribution >= 4 is 50.6 Å². The third-order valence-corrected chi connectivity index (χ3v) is 8.74. The summed E-state index contributed by atoms with van der Waals surface area (Å²) in [6.45, 7) is 11.4. The van der Waals surface area contributed by atoms with Gasteiger partial charge in [-0.15, -0.1) is 22.7 Å². The molecule has 3 aromatic heterocycles. The fourth-order valence-electron chi connectivity index (χ4n) is 4.49. The van der Waals surface area contributed by atoms with Crippen molar-refractivity contribution in [2.45, 2.75) is 59.7 Å². The van der Waals surface area contributed by atoms with E-state index >= 15 is 0 Å². The van der Waals surface area contributed by atoms with Crippen molar-refractivity contribution in [2.24, 2.45) is 0 Å². The average Bonchev–Trinajstić information content (AvgIpc) is 3.50. The lowest BCUT2D eigenvalue weighted by molar-refractivity contribution is 0.00704. The standard InChI is InChI=1S/C28H31N3O4S2/c1-15-16(2)36-25(23(15)26(32)35-28(3,4)5)31-27(33)30-13-19-18-10-11-29-14-22(18)37-24(19)21-12-17-8-6-7-9-20(17)34-21/h6-9,12,29H,10-11,13-14H2,1-5H3,(H2,30,31,33). The molecule has 0 radical (unpaired) electrons. The number of nitrogens with one attached hydrogen (secondary N) is 3. The van der Waals surface area contributed by atoms with E-state index in [0.717, 1.165) is 57.1 Å².